The zero-order valence-electron chi connectivity index (χ0n) is 19.6. The Kier molecular flexibility index (Phi) is 7.93. The Morgan fingerprint density at radius 2 is 1.76 bits per heavy atom. The molecule has 8 nitrogen and oxygen atoms in total. The number of aromatic amines is 1. The Hall–Kier alpha value is -4.83. The number of rotatable bonds is 6. The molecule has 0 radical (unpaired) electrons. The molecule has 5 rings (SSSR count). The van der Waals surface area contributed by atoms with E-state index in [0.29, 0.717) is 22.3 Å². The number of hydrogen-bond acceptors (Lipinski definition) is 5. The lowest BCUT2D eigenvalue weighted by atomic mass is 10.1. The number of ether oxygens (including phenoxy) is 1. The third-order valence-electron chi connectivity index (χ3n) is 5.40. The molecular weight excluding hydrogens is 516 g/mol. The van der Waals surface area contributed by atoms with E-state index in [1.807, 2.05) is 18.2 Å². The second-order valence-corrected chi connectivity index (χ2v) is 8.05. The van der Waals surface area contributed by atoms with Crippen LogP contribution in [0.3, 0.4) is 0 Å². The van der Waals surface area contributed by atoms with Crippen LogP contribution < -0.4 is 15.4 Å². The van der Waals surface area contributed by atoms with Crippen LogP contribution in [0.4, 0.5) is 19.3 Å². The Bertz CT molecular complexity index is 1590. The first-order chi connectivity index (χ1) is 17.9. The normalized spacial score (nSPS) is 10.5. The highest BCUT2D eigenvalue weighted by atomic mass is 35.5. The average Bonchev–Trinajstić information content (AvgIpc) is 3.33. The first-order valence-electron chi connectivity index (χ1n) is 11.2. The van der Waals surface area contributed by atoms with E-state index in [4.69, 9.17) is 4.74 Å². The molecule has 0 unspecified atom stereocenters. The number of benzene rings is 2. The van der Waals surface area contributed by atoms with Crippen molar-refractivity contribution < 1.29 is 23.1 Å². The summed E-state index contributed by atoms with van der Waals surface area (Å²) in [7, 11) is 0. The van der Waals surface area contributed by atoms with Gasteiger partial charge >= 0.3 is 6.03 Å². The lowest BCUT2D eigenvalue weighted by Gasteiger charge is -2.10. The summed E-state index contributed by atoms with van der Waals surface area (Å²) in [5.41, 5.74) is 2.88. The number of nitrogens with one attached hydrogen (secondary N) is 3. The van der Waals surface area contributed by atoms with E-state index < -0.39 is 23.6 Å². The summed E-state index contributed by atoms with van der Waals surface area (Å²) in [6, 6.07) is 15.6. The summed E-state index contributed by atoms with van der Waals surface area (Å²) >= 11 is 0. The number of imide groups is 1. The van der Waals surface area contributed by atoms with Crippen molar-refractivity contribution in [3.8, 4) is 22.8 Å². The smallest absolute Gasteiger partial charge is 0.325 e. The number of carbonyl (C=O) groups excluding carboxylic acids is 2. The first kappa shape index (κ1) is 26.2. The molecule has 0 saturated carbocycles. The Balaban J connectivity index is 0.00000336. The molecule has 0 bridgehead atoms. The highest BCUT2D eigenvalue weighted by Gasteiger charge is 2.14. The largest absolute Gasteiger partial charge is 0.453 e. The van der Waals surface area contributed by atoms with Crippen molar-refractivity contribution in [3.63, 3.8) is 0 Å². The van der Waals surface area contributed by atoms with Gasteiger partial charge in [-0.15, -0.1) is 12.4 Å². The van der Waals surface area contributed by atoms with Crippen molar-refractivity contribution >= 4 is 41.1 Å². The summed E-state index contributed by atoms with van der Waals surface area (Å²) < 4.78 is 33.6. The predicted molar refractivity (Wildman–Crippen MR) is 140 cm³/mol. The number of halogens is 3. The predicted octanol–water partition coefficient (Wildman–Crippen LogP) is 6.01. The van der Waals surface area contributed by atoms with Gasteiger partial charge in [0.25, 0.3) is 0 Å². The van der Waals surface area contributed by atoms with Crippen molar-refractivity contribution in [1.29, 1.82) is 0 Å². The summed E-state index contributed by atoms with van der Waals surface area (Å²) in [4.78, 5) is 35.8. The summed E-state index contributed by atoms with van der Waals surface area (Å²) in [6.45, 7) is 0. The zero-order chi connectivity index (χ0) is 25.8. The number of hydrogen-bond donors (Lipinski definition) is 3. The maximum absolute atomic E-state index is 14.8. The summed E-state index contributed by atoms with van der Waals surface area (Å²) in [6.07, 6.45) is 4.82. The molecular formula is C27H20ClF2N5O3. The molecule has 192 valence electrons. The number of anilines is 1. The fourth-order valence-corrected chi connectivity index (χ4v) is 3.67. The lowest BCUT2D eigenvalue weighted by molar-refractivity contribution is -0.119. The molecule has 3 heterocycles. The second-order valence-electron chi connectivity index (χ2n) is 8.05. The number of pyridine rings is 2. The minimum absolute atomic E-state index is 0. The Labute approximate surface area is 221 Å². The number of fused-ring (bicyclic) bond motifs is 1. The molecule has 0 aliphatic heterocycles. The van der Waals surface area contributed by atoms with Gasteiger partial charge < -0.3 is 15.0 Å². The van der Waals surface area contributed by atoms with Crippen molar-refractivity contribution in [1.82, 2.24) is 20.3 Å². The van der Waals surface area contributed by atoms with Crippen LogP contribution in [0, 0.1) is 11.6 Å². The summed E-state index contributed by atoms with van der Waals surface area (Å²) in [5.74, 6) is -1.41. The SMILES string of the molecule is Cl.O=C(Cc1ccc(F)cc1)NC(=O)Nc1ccc(Oc2ccnc3[nH]c(-c4cccnc4)cc23)c(F)c1. The Morgan fingerprint density at radius 3 is 2.50 bits per heavy atom. The van der Waals surface area contributed by atoms with Crippen LogP contribution in [-0.4, -0.2) is 26.9 Å². The molecule has 11 heteroatoms. The first-order valence-corrected chi connectivity index (χ1v) is 11.2. The average molecular weight is 536 g/mol. The number of urea groups is 1. The molecule has 0 atom stereocenters. The van der Waals surface area contributed by atoms with Gasteiger partial charge in [-0.1, -0.05) is 12.1 Å². The molecule has 2 aromatic carbocycles. The molecule has 0 saturated heterocycles. The third-order valence-corrected chi connectivity index (χ3v) is 5.40. The van der Waals surface area contributed by atoms with Crippen LogP contribution in [0.15, 0.2) is 85.3 Å². The van der Waals surface area contributed by atoms with E-state index in [2.05, 4.69) is 25.6 Å². The van der Waals surface area contributed by atoms with Crippen LogP contribution in [0.5, 0.6) is 11.5 Å². The fraction of sp³-hybridized carbons (Fsp3) is 0.0370. The van der Waals surface area contributed by atoms with Gasteiger partial charge in [0.15, 0.2) is 11.6 Å². The van der Waals surface area contributed by atoms with Crippen LogP contribution in [0.1, 0.15) is 5.56 Å². The number of carbonyl (C=O) groups is 2. The second kappa shape index (κ2) is 11.5. The maximum atomic E-state index is 14.8. The van der Waals surface area contributed by atoms with Crippen molar-refractivity contribution in [3.05, 3.63) is 103 Å². The molecule has 5 aromatic rings. The van der Waals surface area contributed by atoms with Crippen LogP contribution in [0.25, 0.3) is 22.3 Å². The van der Waals surface area contributed by atoms with Gasteiger partial charge in [-0.3, -0.25) is 15.1 Å². The van der Waals surface area contributed by atoms with E-state index in [0.717, 1.165) is 17.3 Å². The monoisotopic (exact) mass is 535 g/mol. The minimum atomic E-state index is -0.828. The van der Waals surface area contributed by atoms with E-state index in [-0.39, 0.29) is 30.3 Å². The van der Waals surface area contributed by atoms with Crippen molar-refractivity contribution in [2.75, 3.05) is 5.32 Å². The van der Waals surface area contributed by atoms with E-state index >= 15 is 0 Å². The van der Waals surface area contributed by atoms with Gasteiger partial charge in [-0.25, -0.2) is 18.6 Å². The fourth-order valence-electron chi connectivity index (χ4n) is 3.67. The lowest BCUT2D eigenvalue weighted by Crippen LogP contribution is -2.35. The minimum Gasteiger partial charge on any atom is -0.453 e. The standard InChI is InChI=1S/C27H19F2N5O3.ClH/c28-18-5-3-16(4-6-18)12-25(35)34-27(36)32-19-7-8-24(21(29)13-19)37-23-9-11-31-26-20(23)14-22(33-26)17-2-1-10-30-15-17;/h1-11,13-15H,12H2,(H,31,33)(H2,32,34,35,36);1H. The molecule has 3 N–H and O–H groups in total. The highest BCUT2D eigenvalue weighted by molar-refractivity contribution is 6.01. The number of amides is 3. The maximum Gasteiger partial charge on any atom is 0.325 e. The molecule has 0 aliphatic rings. The molecule has 3 amide bonds. The summed E-state index contributed by atoms with van der Waals surface area (Å²) in [5, 5.41) is 5.21. The zero-order valence-corrected chi connectivity index (χ0v) is 20.4. The molecule has 0 fully saturated rings. The van der Waals surface area contributed by atoms with Gasteiger partial charge in [0, 0.05) is 41.6 Å². The number of H-pyrrole nitrogens is 1. The van der Waals surface area contributed by atoms with Crippen molar-refractivity contribution in [2.45, 2.75) is 6.42 Å². The molecule has 0 spiro atoms. The quantitative estimate of drug-likeness (QED) is 0.247. The van der Waals surface area contributed by atoms with Crippen LogP contribution >= 0.6 is 12.4 Å². The van der Waals surface area contributed by atoms with Gasteiger partial charge in [-0.05, 0) is 54.1 Å². The number of aromatic nitrogens is 3. The number of nitrogens with zero attached hydrogens (tertiary/aromatic N) is 2. The van der Waals surface area contributed by atoms with Gasteiger partial charge in [0.05, 0.1) is 11.8 Å². The Morgan fingerprint density at radius 1 is 0.947 bits per heavy atom. The van der Waals surface area contributed by atoms with E-state index in [1.165, 1.54) is 36.4 Å². The molecule has 0 aliphatic carbocycles. The van der Waals surface area contributed by atoms with Gasteiger partial charge in [0.2, 0.25) is 5.91 Å². The van der Waals surface area contributed by atoms with Crippen LogP contribution in [0.2, 0.25) is 0 Å². The highest BCUT2D eigenvalue weighted by Crippen LogP contribution is 2.33. The third kappa shape index (κ3) is 6.11. The van der Waals surface area contributed by atoms with Gasteiger partial charge in [0.1, 0.15) is 17.2 Å². The van der Waals surface area contributed by atoms with Crippen LogP contribution in [-0.2, 0) is 11.2 Å². The van der Waals surface area contributed by atoms with Crippen molar-refractivity contribution in [2.24, 2.45) is 0 Å². The van der Waals surface area contributed by atoms with E-state index in [1.54, 1.807) is 24.7 Å². The van der Waals surface area contributed by atoms with E-state index in [9.17, 15) is 18.4 Å². The van der Waals surface area contributed by atoms with Gasteiger partial charge in [-0.2, -0.15) is 0 Å². The molecule has 38 heavy (non-hydrogen) atoms. The topological polar surface area (TPSA) is 109 Å². The molecule has 3 aromatic heterocycles.